The van der Waals surface area contributed by atoms with Crippen LogP contribution in [0.4, 0.5) is 4.39 Å². The minimum atomic E-state index is -1.61. The average Bonchev–Trinajstić information content (AvgIpc) is 2.17. The lowest BCUT2D eigenvalue weighted by Crippen LogP contribution is -2.14. The number of Topliss-reactive ketones (excluding diaryl/α,β-unsaturated/α-hetero) is 1. The Kier molecular flexibility index (Phi) is 3.42. The zero-order chi connectivity index (χ0) is 11.6. The van der Waals surface area contributed by atoms with Crippen molar-refractivity contribution >= 4 is 23.4 Å². The predicted molar refractivity (Wildman–Crippen MR) is 52.8 cm³/mol. The number of halogens is 2. The number of carboxylic acid groups (broad SMARTS) is 1. The lowest BCUT2D eigenvalue weighted by Gasteiger charge is -2.06. The Morgan fingerprint density at radius 2 is 2.07 bits per heavy atom. The maximum Gasteiger partial charge on any atom is 0.377 e. The van der Waals surface area contributed by atoms with E-state index in [1.165, 1.54) is 0 Å². The first kappa shape index (κ1) is 11.7. The van der Waals surface area contributed by atoms with E-state index in [0.29, 0.717) is 6.42 Å². The van der Waals surface area contributed by atoms with Crippen LogP contribution in [0.15, 0.2) is 12.1 Å². The molecule has 1 aromatic rings. The average molecular weight is 231 g/mol. The summed E-state index contributed by atoms with van der Waals surface area (Å²) in [5.41, 5.74) is -0.0221. The second-order valence-corrected chi connectivity index (χ2v) is 3.25. The molecule has 0 atom stereocenters. The Bertz CT molecular complexity index is 429. The highest BCUT2D eigenvalue weighted by Crippen LogP contribution is 2.24. The number of rotatable bonds is 3. The second kappa shape index (κ2) is 4.40. The van der Waals surface area contributed by atoms with Crippen LogP contribution < -0.4 is 0 Å². The van der Waals surface area contributed by atoms with Crippen LogP contribution >= 0.6 is 11.6 Å². The zero-order valence-corrected chi connectivity index (χ0v) is 8.64. The fourth-order valence-electron chi connectivity index (χ4n) is 1.21. The van der Waals surface area contributed by atoms with Gasteiger partial charge in [-0.2, -0.15) is 0 Å². The SMILES string of the molecule is CCc1c(F)ccc(C(=O)C(=O)O)c1Cl. The number of carboxylic acids is 1. The molecule has 0 heterocycles. The largest absolute Gasteiger partial charge is 0.475 e. The number of carbonyl (C=O) groups is 2. The Hall–Kier alpha value is -1.42. The summed E-state index contributed by atoms with van der Waals surface area (Å²) in [7, 11) is 0. The number of ketones is 1. The van der Waals surface area contributed by atoms with Gasteiger partial charge in [-0.05, 0) is 18.6 Å². The molecule has 5 heteroatoms. The van der Waals surface area contributed by atoms with E-state index in [0.717, 1.165) is 12.1 Å². The van der Waals surface area contributed by atoms with E-state index in [1.807, 2.05) is 0 Å². The molecule has 0 fully saturated rings. The summed E-state index contributed by atoms with van der Waals surface area (Å²) in [5, 5.41) is 8.37. The van der Waals surface area contributed by atoms with E-state index in [9.17, 15) is 14.0 Å². The number of aliphatic carboxylic acids is 1. The molecule has 15 heavy (non-hydrogen) atoms. The van der Waals surface area contributed by atoms with Crippen molar-refractivity contribution in [2.75, 3.05) is 0 Å². The lowest BCUT2D eigenvalue weighted by atomic mass is 10.0. The molecule has 0 aromatic heterocycles. The van der Waals surface area contributed by atoms with Crippen LogP contribution in [-0.4, -0.2) is 16.9 Å². The topological polar surface area (TPSA) is 54.4 Å². The second-order valence-electron chi connectivity index (χ2n) is 2.88. The van der Waals surface area contributed by atoms with Crippen molar-refractivity contribution in [2.24, 2.45) is 0 Å². The standard InChI is InChI=1S/C10H8ClFO3/c1-2-5-7(12)4-3-6(8(5)11)9(13)10(14)15/h3-4H,2H2,1H3,(H,14,15). The molecule has 0 amide bonds. The molecule has 80 valence electrons. The Morgan fingerprint density at radius 3 is 2.53 bits per heavy atom. The highest BCUT2D eigenvalue weighted by molar-refractivity contribution is 6.45. The first-order valence-corrected chi connectivity index (χ1v) is 4.61. The van der Waals surface area contributed by atoms with Crippen molar-refractivity contribution in [3.8, 4) is 0 Å². The highest BCUT2D eigenvalue weighted by atomic mass is 35.5. The predicted octanol–water partition coefficient (Wildman–Crippen LogP) is 2.31. The van der Waals surface area contributed by atoms with E-state index in [-0.39, 0.29) is 16.1 Å². The molecule has 1 rings (SSSR count). The van der Waals surface area contributed by atoms with Gasteiger partial charge in [-0.15, -0.1) is 0 Å². The fraction of sp³-hybridized carbons (Fsp3) is 0.200. The summed E-state index contributed by atoms with van der Waals surface area (Å²) in [6.45, 7) is 1.67. The van der Waals surface area contributed by atoms with Crippen molar-refractivity contribution in [1.29, 1.82) is 0 Å². The maximum atomic E-state index is 13.2. The van der Waals surface area contributed by atoms with E-state index in [2.05, 4.69) is 0 Å². The quantitative estimate of drug-likeness (QED) is 0.640. The van der Waals surface area contributed by atoms with Crippen molar-refractivity contribution in [1.82, 2.24) is 0 Å². The molecule has 1 N–H and O–H groups in total. The maximum absolute atomic E-state index is 13.2. The molecule has 0 saturated heterocycles. The molecule has 0 radical (unpaired) electrons. The summed E-state index contributed by atoms with van der Waals surface area (Å²) in [6, 6.07) is 2.12. The first-order valence-electron chi connectivity index (χ1n) is 4.23. The number of hydrogen-bond acceptors (Lipinski definition) is 2. The van der Waals surface area contributed by atoms with Crippen LogP contribution in [0.25, 0.3) is 0 Å². The van der Waals surface area contributed by atoms with Gasteiger partial charge in [0.2, 0.25) is 0 Å². The number of benzene rings is 1. The summed E-state index contributed by atoms with van der Waals surface area (Å²) < 4.78 is 13.2. The van der Waals surface area contributed by atoms with Crippen LogP contribution in [-0.2, 0) is 11.2 Å². The van der Waals surface area contributed by atoms with Gasteiger partial charge in [-0.1, -0.05) is 18.5 Å². The molecule has 0 aliphatic carbocycles. The summed E-state index contributed by atoms with van der Waals surface area (Å²) in [5.74, 6) is -3.27. The van der Waals surface area contributed by atoms with Gasteiger partial charge < -0.3 is 5.11 Å². The Balaban J connectivity index is 3.34. The van der Waals surface area contributed by atoms with E-state index >= 15 is 0 Å². The van der Waals surface area contributed by atoms with Gasteiger partial charge in [0.05, 0.1) is 5.02 Å². The molecular weight excluding hydrogens is 223 g/mol. The van der Waals surface area contributed by atoms with Crippen molar-refractivity contribution < 1.29 is 19.1 Å². The Morgan fingerprint density at radius 1 is 1.47 bits per heavy atom. The molecule has 0 saturated carbocycles. The number of hydrogen-bond donors (Lipinski definition) is 1. The lowest BCUT2D eigenvalue weighted by molar-refractivity contribution is -0.131. The van der Waals surface area contributed by atoms with Gasteiger partial charge in [0.1, 0.15) is 5.82 Å². The normalized spacial score (nSPS) is 10.1. The van der Waals surface area contributed by atoms with Crippen molar-refractivity contribution in [3.63, 3.8) is 0 Å². The summed E-state index contributed by atoms with van der Waals surface area (Å²) in [6.07, 6.45) is 0.297. The molecule has 3 nitrogen and oxygen atoms in total. The molecule has 0 spiro atoms. The molecule has 0 aliphatic rings. The molecule has 1 aromatic carbocycles. The summed E-state index contributed by atoms with van der Waals surface area (Å²) >= 11 is 5.73. The smallest absolute Gasteiger partial charge is 0.377 e. The zero-order valence-electron chi connectivity index (χ0n) is 7.88. The molecule has 0 aliphatic heterocycles. The minimum Gasteiger partial charge on any atom is -0.475 e. The van der Waals surface area contributed by atoms with Gasteiger partial charge in [-0.25, -0.2) is 9.18 Å². The third-order valence-electron chi connectivity index (χ3n) is 1.98. The number of carbonyl (C=O) groups excluding carboxylic acids is 1. The van der Waals surface area contributed by atoms with Gasteiger partial charge in [0.15, 0.2) is 0 Å². The van der Waals surface area contributed by atoms with Crippen LogP contribution in [0.5, 0.6) is 0 Å². The fourth-order valence-corrected chi connectivity index (χ4v) is 1.59. The third kappa shape index (κ3) is 2.15. The van der Waals surface area contributed by atoms with Crippen LogP contribution in [0.3, 0.4) is 0 Å². The minimum absolute atomic E-state index is 0.120. The highest BCUT2D eigenvalue weighted by Gasteiger charge is 2.20. The Labute approximate surface area is 90.5 Å². The molecule has 0 unspecified atom stereocenters. The van der Waals surface area contributed by atoms with E-state index < -0.39 is 17.6 Å². The van der Waals surface area contributed by atoms with E-state index in [4.69, 9.17) is 16.7 Å². The summed E-state index contributed by atoms with van der Waals surface area (Å²) in [4.78, 5) is 21.6. The van der Waals surface area contributed by atoms with Crippen LogP contribution in [0.2, 0.25) is 5.02 Å². The van der Waals surface area contributed by atoms with Crippen LogP contribution in [0.1, 0.15) is 22.8 Å². The van der Waals surface area contributed by atoms with Gasteiger partial charge in [0, 0.05) is 11.1 Å². The third-order valence-corrected chi connectivity index (χ3v) is 2.41. The molecular formula is C10H8ClFO3. The molecule has 0 bridgehead atoms. The monoisotopic (exact) mass is 230 g/mol. The van der Waals surface area contributed by atoms with Gasteiger partial charge in [0.25, 0.3) is 5.78 Å². The van der Waals surface area contributed by atoms with E-state index in [1.54, 1.807) is 6.92 Å². The first-order chi connectivity index (χ1) is 6.99. The van der Waals surface area contributed by atoms with Gasteiger partial charge >= 0.3 is 5.97 Å². The van der Waals surface area contributed by atoms with Crippen molar-refractivity contribution in [3.05, 3.63) is 34.1 Å². The van der Waals surface area contributed by atoms with Crippen molar-refractivity contribution in [2.45, 2.75) is 13.3 Å². The van der Waals surface area contributed by atoms with Gasteiger partial charge in [-0.3, -0.25) is 4.79 Å². The van der Waals surface area contributed by atoms with Crippen LogP contribution in [0, 0.1) is 5.82 Å².